The summed E-state index contributed by atoms with van der Waals surface area (Å²) in [6, 6.07) is 12.6. The first-order valence-corrected chi connectivity index (χ1v) is 6.88. The average molecular weight is 306 g/mol. The van der Waals surface area contributed by atoms with Crippen molar-refractivity contribution in [2.24, 2.45) is 5.73 Å². The van der Waals surface area contributed by atoms with Crippen molar-refractivity contribution in [3.8, 4) is 5.75 Å². The third-order valence-electron chi connectivity index (χ3n) is 3.09. The summed E-state index contributed by atoms with van der Waals surface area (Å²) in [4.78, 5) is 10.9. The summed E-state index contributed by atoms with van der Waals surface area (Å²) >= 11 is 5.92. The Labute approximate surface area is 128 Å². The van der Waals surface area contributed by atoms with Gasteiger partial charge in [0.2, 0.25) is 0 Å². The molecule has 21 heavy (non-hydrogen) atoms. The van der Waals surface area contributed by atoms with E-state index in [1.54, 1.807) is 24.3 Å². The first-order chi connectivity index (χ1) is 10.1. The topological polar surface area (TPSA) is 72.5 Å². The zero-order chi connectivity index (χ0) is 15.2. The number of ether oxygens (including phenoxy) is 1. The Hall–Kier alpha value is -2.04. The van der Waals surface area contributed by atoms with Gasteiger partial charge in [0.1, 0.15) is 12.4 Å². The van der Waals surface area contributed by atoms with Gasteiger partial charge in [0, 0.05) is 17.1 Å². The van der Waals surface area contributed by atoms with Gasteiger partial charge >= 0.3 is 5.97 Å². The van der Waals surface area contributed by atoms with Crippen molar-refractivity contribution in [2.45, 2.75) is 19.6 Å². The second-order valence-electron chi connectivity index (χ2n) is 4.58. The number of carboxylic acids is 1. The van der Waals surface area contributed by atoms with Gasteiger partial charge in [0.25, 0.3) is 0 Å². The predicted molar refractivity (Wildman–Crippen MR) is 81.5 cm³/mol. The molecule has 0 aromatic heterocycles. The summed E-state index contributed by atoms with van der Waals surface area (Å²) in [6.07, 6.45) is -0.0239. The summed E-state index contributed by atoms with van der Waals surface area (Å²) in [5, 5.41) is 9.52. The van der Waals surface area contributed by atoms with Crippen LogP contribution in [0.5, 0.6) is 5.75 Å². The van der Waals surface area contributed by atoms with Gasteiger partial charge in [-0.05, 0) is 29.3 Å². The highest BCUT2D eigenvalue weighted by molar-refractivity contribution is 6.30. The van der Waals surface area contributed by atoms with Crippen molar-refractivity contribution < 1.29 is 14.6 Å². The lowest BCUT2D eigenvalue weighted by Gasteiger charge is -2.13. The van der Waals surface area contributed by atoms with Crippen LogP contribution in [0.1, 0.15) is 16.7 Å². The number of benzene rings is 2. The Morgan fingerprint density at radius 3 is 2.52 bits per heavy atom. The lowest BCUT2D eigenvalue weighted by molar-refractivity contribution is -0.136. The van der Waals surface area contributed by atoms with Crippen LogP contribution in [0.4, 0.5) is 0 Å². The van der Waals surface area contributed by atoms with Gasteiger partial charge in [0.05, 0.1) is 6.42 Å². The lowest BCUT2D eigenvalue weighted by atomic mass is 10.1. The zero-order valence-corrected chi connectivity index (χ0v) is 12.1. The highest BCUT2D eigenvalue weighted by atomic mass is 35.5. The monoisotopic (exact) mass is 305 g/mol. The molecule has 0 heterocycles. The number of hydrogen-bond acceptors (Lipinski definition) is 3. The quantitative estimate of drug-likeness (QED) is 0.860. The summed E-state index contributed by atoms with van der Waals surface area (Å²) in [5.41, 5.74) is 8.07. The van der Waals surface area contributed by atoms with Crippen LogP contribution in [0, 0.1) is 0 Å². The number of rotatable bonds is 6. The molecular weight excluding hydrogens is 290 g/mol. The molecule has 0 atom stereocenters. The molecule has 0 amide bonds. The van der Waals surface area contributed by atoms with E-state index < -0.39 is 5.97 Å². The molecule has 2 rings (SSSR count). The van der Waals surface area contributed by atoms with E-state index in [0.717, 1.165) is 16.7 Å². The third-order valence-corrected chi connectivity index (χ3v) is 3.32. The van der Waals surface area contributed by atoms with E-state index in [1.165, 1.54) is 0 Å². The van der Waals surface area contributed by atoms with Crippen molar-refractivity contribution in [3.05, 3.63) is 64.2 Å². The molecule has 3 N–H and O–H groups in total. The van der Waals surface area contributed by atoms with Crippen LogP contribution < -0.4 is 10.5 Å². The fraction of sp³-hybridized carbons (Fsp3) is 0.188. The highest BCUT2D eigenvalue weighted by Crippen LogP contribution is 2.24. The Kier molecular flexibility index (Phi) is 5.20. The molecule has 2 aromatic rings. The highest BCUT2D eigenvalue weighted by Gasteiger charge is 2.08. The molecule has 0 bridgehead atoms. The molecule has 0 aliphatic rings. The molecule has 0 aliphatic carbocycles. The normalized spacial score (nSPS) is 10.4. The van der Waals surface area contributed by atoms with Crippen molar-refractivity contribution in [1.29, 1.82) is 0 Å². The van der Waals surface area contributed by atoms with Crippen LogP contribution in [0.3, 0.4) is 0 Å². The Morgan fingerprint density at radius 2 is 1.86 bits per heavy atom. The van der Waals surface area contributed by atoms with Crippen LogP contribution in [-0.4, -0.2) is 11.1 Å². The fourth-order valence-electron chi connectivity index (χ4n) is 2.04. The number of nitrogens with two attached hydrogens (primary N) is 1. The molecule has 0 aliphatic heterocycles. The summed E-state index contributed by atoms with van der Waals surface area (Å²) in [7, 11) is 0. The van der Waals surface area contributed by atoms with Crippen LogP contribution in [0.2, 0.25) is 5.02 Å². The molecule has 2 aromatic carbocycles. The van der Waals surface area contributed by atoms with Crippen LogP contribution >= 0.6 is 11.6 Å². The largest absolute Gasteiger partial charge is 0.489 e. The molecule has 0 saturated heterocycles. The van der Waals surface area contributed by atoms with Crippen LogP contribution in [0.25, 0.3) is 0 Å². The number of carboxylic acid groups (broad SMARTS) is 1. The average Bonchev–Trinajstić information content (AvgIpc) is 2.46. The van der Waals surface area contributed by atoms with Gasteiger partial charge < -0.3 is 15.6 Å². The maximum Gasteiger partial charge on any atom is 0.307 e. The molecule has 0 spiro atoms. The van der Waals surface area contributed by atoms with E-state index in [1.807, 2.05) is 18.2 Å². The summed E-state index contributed by atoms with van der Waals surface area (Å²) in [6.45, 7) is 0.616. The molecule has 4 nitrogen and oxygen atoms in total. The number of aliphatic carboxylic acids is 1. The van der Waals surface area contributed by atoms with Crippen LogP contribution in [-0.2, 0) is 24.4 Å². The SMILES string of the molecule is NCc1cc(Cl)ccc1OCc1ccccc1CC(=O)O. The number of halogens is 1. The van der Waals surface area contributed by atoms with Gasteiger partial charge in [-0.3, -0.25) is 4.79 Å². The molecule has 110 valence electrons. The maximum absolute atomic E-state index is 10.9. The van der Waals surface area contributed by atoms with E-state index in [4.69, 9.17) is 27.2 Å². The van der Waals surface area contributed by atoms with Gasteiger partial charge in [-0.2, -0.15) is 0 Å². The van der Waals surface area contributed by atoms with Gasteiger partial charge in [-0.1, -0.05) is 35.9 Å². The van der Waals surface area contributed by atoms with Crippen LogP contribution in [0.15, 0.2) is 42.5 Å². The second kappa shape index (κ2) is 7.11. The fourth-order valence-corrected chi connectivity index (χ4v) is 2.23. The van der Waals surface area contributed by atoms with E-state index in [0.29, 0.717) is 17.3 Å². The van der Waals surface area contributed by atoms with Gasteiger partial charge in [-0.15, -0.1) is 0 Å². The minimum absolute atomic E-state index is 0.0239. The van der Waals surface area contributed by atoms with Crippen molar-refractivity contribution in [2.75, 3.05) is 0 Å². The standard InChI is InChI=1S/C16H16ClNO3/c17-14-5-6-15(13(7-14)9-18)21-10-12-4-2-1-3-11(12)8-16(19)20/h1-7H,8-10,18H2,(H,19,20). The second-order valence-corrected chi connectivity index (χ2v) is 5.02. The first-order valence-electron chi connectivity index (χ1n) is 6.50. The van der Waals surface area contributed by atoms with E-state index in [2.05, 4.69) is 0 Å². The number of hydrogen-bond donors (Lipinski definition) is 2. The first kappa shape index (κ1) is 15.4. The minimum atomic E-state index is -0.864. The molecular formula is C16H16ClNO3. The van der Waals surface area contributed by atoms with Gasteiger partial charge in [0.15, 0.2) is 0 Å². The Morgan fingerprint density at radius 1 is 1.14 bits per heavy atom. The molecule has 0 unspecified atom stereocenters. The van der Waals surface area contributed by atoms with E-state index >= 15 is 0 Å². The summed E-state index contributed by atoms with van der Waals surface area (Å²) < 4.78 is 5.76. The smallest absolute Gasteiger partial charge is 0.307 e. The molecule has 0 saturated carbocycles. The Balaban J connectivity index is 2.15. The van der Waals surface area contributed by atoms with Gasteiger partial charge in [-0.25, -0.2) is 0 Å². The van der Waals surface area contributed by atoms with Crippen molar-refractivity contribution in [1.82, 2.24) is 0 Å². The summed E-state index contributed by atoms with van der Waals surface area (Å²) in [5.74, 6) is -0.205. The van der Waals surface area contributed by atoms with E-state index in [9.17, 15) is 4.79 Å². The Bertz CT molecular complexity index is 643. The molecule has 0 radical (unpaired) electrons. The molecule has 0 fully saturated rings. The zero-order valence-electron chi connectivity index (χ0n) is 11.4. The molecule has 5 heteroatoms. The van der Waals surface area contributed by atoms with Crippen molar-refractivity contribution >= 4 is 17.6 Å². The number of carbonyl (C=O) groups is 1. The lowest BCUT2D eigenvalue weighted by Crippen LogP contribution is -2.07. The minimum Gasteiger partial charge on any atom is -0.489 e. The van der Waals surface area contributed by atoms with Crippen molar-refractivity contribution in [3.63, 3.8) is 0 Å². The third kappa shape index (κ3) is 4.21. The van der Waals surface area contributed by atoms with E-state index in [-0.39, 0.29) is 13.0 Å². The maximum atomic E-state index is 10.9. The predicted octanol–water partition coefficient (Wildman–Crippen LogP) is 3.00.